The number of hydrogen-bond donors (Lipinski definition) is 1. The van der Waals surface area contributed by atoms with Crippen molar-refractivity contribution in [3.63, 3.8) is 0 Å². The van der Waals surface area contributed by atoms with Crippen LogP contribution in [0.25, 0.3) is 11.3 Å². The number of amides is 1. The maximum absolute atomic E-state index is 13.7. The Morgan fingerprint density at radius 2 is 2.13 bits per heavy atom. The molecule has 0 spiro atoms. The van der Waals surface area contributed by atoms with Crippen LogP contribution in [0.4, 0.5) is 17.6 Å². The van der Waals surface area contributed by atoms with Crippen molar-refractivity contribution in [3.8, 4) is 11.3 Å². The Kier molecular flexibility index (Phi) is 6.68. The van der Waals surface area contributed by atoms with E-state index >= 15 is 0 Å². The molecule has 1 aliphatic carbocycles. The molecule has 3 rings (SSSR count). The molecule has 2 aromatic rings. The minimum Gasteiger partial charge on any atom is -0.365 e. The molecule has 0 bridgehead atoms. The van der Waals surface area contributed by atoms with Crippen LogP contribution < -0.4 is 5.73 Å². The van der Waals surface area contributed by atoms with E-state index in [2.05, 4.69) is 10.3 Å². The monoisotopic (exact) mass is 458 g/mol. The van der Waals surface area contributed by atoms with Gasteiger partial charge in [0, 0.05) is 13.5 Å². The highest BCUT2D eigenvalue weighted by Crippen LogP contribution is 2.39. The Bertz CT molecular complexity index is 1070. The Labute approximate surface area is 180 Å². The molecule has 0 radical (unpaired) electrons. The summed E-state index contributed by atoms with van der Waals surface area (Å²) in [7, 11) is 1.11. The smallest absolute Gasteiger partial charge is 0.365 e. The number of primary amides is 1. The SMILES string of the molecule is Cn1ncc(-c2onc(C/C3=C(\CF)CC/C=C\C=C/C3Cl)c2C(N)=O)c1C(F)(F)F. The number of halogens is 5. The summed E-state index contributed by atoms with van der Waals surface area (Å²) in [6.07, 6.45) is 4.03. The highest BCUT2D eigenvalue weighted by Gasteiger charge is 2.40. The van der Waals surface area contributed by atoms with Crippen LogP contribution in [0.1, 0.15) is 34.6 Å². The fourth-order valence-electron chi connectivity index (χ4n) is 3.44. The van der Waals surface area contributed by atoms with Gasteiger partial charge in [-0.3, -0.25) is 9.48 Å². The average molecular weight is 459 g/mol. The maximum atomic E-state index is 13.7. The third-order valence-electron chi connectivity index (χ3n) is 4.91. The highest BCUT2D eigenvalue weighted by atomic mass is 35.5. The number of allylic oxidation sites excluding steroid dienone is 6. The average Bonchev–Trinajstić information content (AvgIpc) is 3.29. The molecule has 0 aliphatic heterocycles. The van der Waals surface area contributed by atoms with Gasteiger partial charge in [0.1, 0.15) is 17.9 Å². The first-order chi connectivity index (χ1) is 14.6. The zero-order chi connectivity index (χ0) is 22.8. The molecule has 2 aromatic heterocycles. The minimum atomic E-state index is -4.76. The van der Waals surface area contributed by atoms with E-state index < -0.39 is 41.2 Å². The van der Waals surface area contributed by atoms with Gasteiger partial charge >= 0.3 is 6.18 Å². The zero-order valence-electron chi connectivity index (χ0n) is 16.4. The number of nitrogens with zero attached hydrogens (tertiary/aromatic N) is 3. The van der Waals surface area contributed by atoms with Crippen molar-refractivity contribution >= 4 is 17.5 Å². The Morgan fingerprint density at radius 1 is 1.39 bits per heavy atom. The second-order valence-corrected chi connectivity index (χ2v) is 7.39. The summed E-state index contributed by atoms with van der Waals surface area (Å²) in [5.74, 6) is -1.48. The number of alkyl halides is 5. The van der Waals surface area contributed by atoms with Gasteiger partial charge in [0.2, 0.25) is 0 Å². The van der Waals surface area contributed by atoms with Gasteiger partial charge in [0.05, 0.1) is 17.1 Å². The Balaban J connectivity index is 2.11. The van der Waals surface area contributed by atoms with Crippen molar-refractivity contribution in [1.29, 1.82) is 0 Å². The number of aryl methyl sites for hydroxylation is 1. The first-order valence-electron chi connectivity index (χ1n) is 9.27. The van der Waals surface area contributed by atoms with Crippen molar-refractivity contribution < 1.29 is 26.9 Å². The topological polar surface area (TPSA) is 86.9 Å². The van der Waals surface area contributed by atoms with Gasteiger partial charge in [-0.05, 0) is 24.0 Å². The quantitative estimate of drug-likeness (QED) is 0.405. The third-order valence-corrected chi connectivity index (χ3v) is 5.32. The summed E-state index contributed by atoms with van der Waals surface area (Å²) in [5.41, 5.74) is 4.40. The van der Waals surface area contributed by atoms with Gasteiger partial charge in [-0.15, -0.1) is 11.6 Å². The number of nitrogens with two attached hydrogens (primary N) is 1. The lowest BCUT2D eigenvalue weighted by Gasteiger charge is -2.15. The largest absolute Gasteiger partial charge is 0.433 e. The molecule has 6 nitrogen and oxygen atoms in total. The second kappa shape index (κ2) is 9.09. The molecule has 1 atom stereocenters. The molecule has 0 fully saturated rings. The summed E-state index contributed by atoms with van der Waals surface area (Å²) >= 11 is 6.42. The predicted molar refractivity (Wildman–Crippen MR) is 106 cm³/mol. The van der Waals surface area contributed by atoms with E-state index in [1.807, 2.05) is 6.08 Å². The molecule has 11 heteroatoms. The van der Waals surface area contributed by atoms with Crippen LogP contribution in [-0.4, -0.2) is 32.9 Å². The van der Waals surface area contributed by atoms with Crippen LogP contribution in [0.15, 0.2) is 46.2 Å². The van der Waals surface area contributed by atoms with Gasteiger partial charge in [-0.1, -0.05) is 29.5 Å². The molecule has 1 amide bonds. The van der Waals surface area contributed by atoms with E-state index in [0.717, 1.165) is 13.2 Å². The van der Waals surface area contributed by atoms with Crippen LogP contribution in [0.2, 0.25) is 0 Å². The number of aromatic nitrogens is 3. The summed E-state index contributed by atoms with van der Waals surface area (Å²) in [5, 5.41) is 6.69. The van der Waals surface area contributed by atoms with E-state index in [0.29, 0.717) is 28.7 Å². The summed E-state index contributed by atoms with van der Waals surface area (Å²) < 4.78 is 60.0. The second-order valence-electron chi connectivity index (χ2n) is 6.92. The summed E-state index contributed by atoms with van der Waals surface area (Å²) in [4.78, 5) is 12.2. The highest BCUT2D eigenvalue weighted by molar-refractivity contribution is 6.23. The maximum Gasteiger partial charge on any atom is 0.433 e. The molecule has 0 aromatic carbocycles. The summed E-state index contributed by atoms with van der Waals surface area (Å²) in [6, 6.07) is 0. The molecule has 0 saturated carbocycles. The first kappa shape index (κ1) is 22.8. The lowest BCUT2D eigenvalue weighted by molar-refractivity contribution is -0.143. The molecule has 2 N–H and O–H groups in total. The van der Waals surface area contributed by atoms with Crippen molar-refractivity contribution in [3.05, 3.63) is 58.6 Å². The normalized spacial score (nSPS) is 21.9. The van der Waals surface area contributed by atoms with Crippen LogP contribution in [0.5, 0.6) is 0 Å². The van der Waals surface area contributed by atoms with Crippen LogP contribution in [0, 0.1) is 0 Å². The third kappa shape index (κ3) is 4.73. The number of carbonyl (C=O) groups excluding carboxylic acids is 1. The van der Waals surface area contributed by atoms with E-state index in [1.165, 1.54) is 0 Å². The summed E-state index contributed by atoms with van der Waals surface area (Å²) in [6.45, 7) is -0.766. The van der Waals surface area contributed by atoms with E-state index in [1.54, 1.807) is 18.2 Å². The molecule has 2 heterocycles. The Hall–Kier alpha value is -2.88. The standard InChI is InChI=1S/C20H19ClF4N4O2/c1-29-18(20(23,24)25)13(10-27-29)17-16(19(26)30)15(28-31-17)8-12-11(9-22)6-4-2-3-5-7-14(12)21/h2-3,5,7,10,14H,4,6,8-9H2,1H3,(H2,26,30)/b3-2-,7-5-,12-11+. The molecule has 1 aliphatic rings. The van der Waals surface area contributed by atoms with Gasteiger partial charge in [0.15, 0.2) is 11.5 Å². The first-order valence-corrected chi connectivity index (χ1v) is 9.70. The van der Waals surface area contributed by atoms with Gasteiger partial charge < -0.3 is 10.3 Å². The molecular formula is C20H19ClF4N4O2. The Morgan fingerprint density at radius 3 is 2.77 bits per heavy atom. The molecule has 166 valence electrons. The molecule has 0 saturated heterocycles. The fraction of sp³-hybridized carbons (Fsp3) is 0.350. The van der Waals surface area contributed by atoms with Crippen LogP contribution in [0.3, 0.4) is 0 Å². The van der Waals surface area contributed by atoms with Crippen molar-refractivity contribution in [2.24, 2.45) is 12.8 Å². The number of carbonyl (C=O) groups is 1. The van der Waals surface area contributed by atoms with Gasteiger partial charge in [0.25, 0.3) is 5.91 Å². The van der Waals surface area contributed by atoms with E-state index in [4.69, 9.17) is 21.9 Å². The van der Waals surface area contributed by atoms with Crippen molar-refractivity contribution in [2.45, 2.75) is 30.8 Å². The predicted octanol–water partition coefficient (Wildman–Crippen LogP) is 4.52. The molecule has 1 unspecified atom stereocenters. The van der Waals surface area contributed by atoms with E-state index in [-0.39, 0.29) is 17.7 Å². The van der Waals surface area contributed by atoms with Gasteiger partial charge in [-0.25, -0.2) is 4.39 Å². The van der Waals surface area contributed by atoms with Crippen LogP contribution in [-0.2, 0) is 19.6 Å². The van der Waals surface area contributed by atoms with Gasteiger partial charge in [-0.2, -0.15) is 18.3 Å². The molecular weight excluding hydrogens is 440 g/mol. The van der Waals surface area contributed by atoms with Crippen molar-refractivity contribution in [2.75, 3.05) is 6.67 Å². The van der Waals surface area contributed by atoms with Crippen molar-refractivity contribution in [1.82, 2.24) is 14.9 Å². The minimum absolute atomic E-state index is 0.0216. The zero-order valence-corrected chi connectivity index (χ0v) is 17.2. The van der Waals surface area contributed by atoms with E-state index in [9.17, 15) is 22.4 Å². The number of hydrogen-bond acceptors (Lipinski definition) is 4. The number of rotatable bonds is 5. The lowest BCUT2D eigenvalue weighted by atomic mass is 9.94. The fourth-order valence-corrected chi connectivity index (χ4v) is 3.76. The molecule has 31 heavy (non-hydrogen) atoms. The lowest BCUT2D eigenvalue weighted by Crippen LogP contribution is -2.17. The van der Waals surface area contributed by atoms with Crippen LogP contribution >= 0.6 is 11.6 Å².